The van der Waals surface area contributed by atoms with Crippen molar-refractivity contribution in [2.24, 2.45) is 0 Å². The Morgan fingerprint density at radius 1 is 0.0964 bits per heavy atom. The van der Waals surface area contributed by atoms with E-state index in [1.54, 1.807) is 176 Å². The molecule has 0 nitrogen and oxygen atoms in total. The average Bonchev–Trinajstić information content (AvgIpc) is 3.44. The van der Waals surface area contributed by atoms with Gasteiger partial charge in [-0.05, 0) is 0 Å². The summed E-state index contributed by atoms with van der Waals surface area (Å²) in [6, 6.07) is 43.6. The highest BCUT2D eigenvalue weighted by molar-refractivity contribution is 8.09. The van der Waals surface area contributed by atoms with Crippen LogP contribution in [0.3, 0.4) is 0 Å². The van der Waals surface area contributed by atoms with E-state index >= 15 is 0 Å². The first-order valence-corrected chi connectivity index (χ1v) is 76.9. The van der Waals surface area contributed by atoms with E-state index in [1.165, 1.54) is 38.5 Å². The normalized spacial score (nSPS) is 14.2. The Morgan fingerprint density at radius 3 is 0.253 bits per heavy atom. The van der Waals surface area contributed by atoms with E-state index in [9.17, 15) is 0 Å². The van der Waals surface area contributed by atoms with Crippen molar-refractivity contribution in [2.45, 2.75) is 465 Å². The number of hydrogen-bond acceptors (Lipinski definition) is 0. The van der Waals surface area contributed by atoms with Gasteiger partial charge in [0.1, 0.15) is 0 Å². The monoisotopic (exact) mass is 1340 g/mol. The van der Waals surface area contributed by atoms with Crippen LogP contribution in [0.25, 0.3) is 0 Å². The minimum Gasteiger partial charge on any atom is -0.0657 e. The molecule has 0 bridgehead atoms. The predicted octanol–water partition coefficient (Wildman–Crippen LogP) is 28.5. The van der Waals surface area contributed by atoms with E-state index in [1.807, 2.05) is 84.6 Å². The molecule has 0 N–H and O–H groups in total. The first-order valence-electron chi connectivity index (χ1n) is 40.0. The third-order valence-electron chi connectivity index (χ3n) is 25.9. The summed E-state index contributed by atoms with van der Waals surface area (Å²) in [5, 5.41) is 0. The third kappa shape index (κ3) is 16.1. The van der Waals surface area contributed by atoms with Gasteiger partial charge in [-0.15, -0.1) is 0 Å². The molecular formula is C72H168Si11. The molecule has 0 aliphatic rings. The molecule has 83 heavy (non-hydrogen) atoms. The van der Waals surface area contributed by atoms with Crippen LogP contribution in [0.5, 0.6) is 0 Å². The Bertz CT molecular complexity index is 1390. The van der Waals surface area contributed by atoms with Crippen molar-refractivity contribution < 1.29 is 0 Å². The fourth-order valence-electron chi connectivity index (χ4n) is 26.8. The maximum Gasteiger partial charge on any atom is 0.0450 e. The lowest BCUT2D eigenvalue weighted by molar-refractivity contribution is 0.917. The lowest BCUT2D eigenvalue weighted by atomic mass is 10.6. The standard InChI is InChI=1S/C72H168Si11/c1-25-49-73(50-26-2,51-27-3)75(55-31-7,56-32-8)77(59-35-11,60-36-12)79(63-39-15,64-40-16)81(67-43-19,68-44-20)83(71-47-23,72-48-24)82(69-45-21,70-46-22)80(65-41-17,66-42-18)78(61-37-13,62-38-14)76(57-33-9,58-34-10)74(52-28-4,53-29-5)54-30-6/h25-72H2,1-24H3. The van der Waals surface area contributed by atoms with Crippen molar-refractivity contribution in [3.63, 3.8) is 0 Å². The molecule has 0 aromatic carbocycles. The largest absolute Gasteiger partial charge is 0.0657 e. The smallest absolute Gasteiger partial charge is 0.0450 e. The van der Waals surface area contributed by atoms with Crippen molar-refractivity contribution >= 4 is 79.2 Å². The van der Waals surface area contributed by atoms with Crippen LogP contribution < -0.4 is 0 Å². The van der Waals surface area contributed by atoms with Gasteiger partial charge in [0.25, 0.3) is 0 Å². The average molecular weight is 1340 g/mol. The Hall–Kier alpha value is 2.39. The van der Waals surface area contributed by atoms with Crippen molar-refractivity contribution in [1.82, 2.24) is 0 Å². The van der Waals surface area contributed by atoms with E-state index < -0.39 is 79.2 Å². The molecule has 0 fully saturated rings. The molecule has 0 saturated heterocycles. The van der Waals surface area contributed by atoms with Crippen molar-refractivity contribution in [3.8, 4) is 0 Å². The summed E-state index contributed by atoms with van der Waals surface area (Å²) >= 11 is 0. The van der Waals surface area contributed by atoms with Gasteiger partial charge in [-0.1, -0.05) is 465 Å². The van der Waals surface area contributed by atoms with Crippen LogP contribution in [-0.4, -0.2) is 79.2 Å². The quantitative estimate of drug-likeness (QED) is 0.0533. The van der Waals surface area contributed by atoms with Crippen LogP contribution in [0.2, 0.25) is 145 Å². The Morgan fingerprint density at radius 2 is 0.169 bits per heavy atom. The molecule has 0 unspecified atom stereocenters. The zero-order valence-electron chi connectivity index (χ0n) is 63.4. The van der Waals surface area contributed by atoms with E-state index in [-0.39, 0.29) is 0 Å². The second-order valence-electron chi connectivity index (χ2n) is 30.3. The van der Waals surface area contributed by atoms with Crippen molar-refractivity contribution in [1.29, 1.82) is 0 Å². The van der Waals surface area contributed by atoms with Crippen LogP contribution >= 0.6 is 0 Å². The minimum atomic E-state index is -2.13. The highest BCUT2D eigenvalue weighted by Gasteiger charge is 2.83. The fraction of sp³-hybridized carbons (Fsp3) is 1.00. The van der Waals surface area contributed by atoms with Crippen LogP contribution in [0.15, 0.2) is 0 Å². The van der Waals surface area contributed by atoms with Crippen LogP contribution in [0.1, 0.15) is 320 Å². The second-order valence-corrected chi connectivity index (χ2v) is 138. The Balaban J connectivity index is 12.3. The van der Waals surface area contributed by atoms with E-state index in [0.717, 1.165) is 0 Å². The van der Waals surface area contributed by atoms with Gasteiger partial charge >= 0.3 is 0 Å². The highest BCUT2D eigenvalue weighted by Crippen LogP contribution is 2.66. The van der Waals surface area contributed by atoms with Gasteiger partial charge in [0.05, 0.1) is 0 Å². The maximum absolute atomic E-state index is 2.92. The molecular weight excluding hydrogens is 1170 g/mol. The van der Waals surface area contributed by atoms with E-state index in [4.69, 9.17) is 0 Å². The summed E-state index contributed by atoms with van der Waals surface area (Å²) < 4.78 is 0. The molecule has 0 heterocycles. The highest BCUT2D eigenvalue weighted by atomic mass is 30.1. The molecule has 0 spiro atoms. The van der Waals surface area contributed by atoms with E-state index in [0.29, 0.717) is 0 Å². The molecule has 0 amide bonds. The van der Waals surface area contributed by atoms with Crippen LogP contribution in [0, 0.1) is 0 Å². The summed E-state index contributed by atoms with van der Waals surface area (Å²) in [6.45, 7) is 68.3. The number of rotatable bonds is 58. The predicted molar refractivity (Wildman–Crippen MR) is 426 cm³/mol. The molecule has 0 atom stereocenters. The molecule has 0 aromatic heterocycles. The SMILES string of the molecule is CCC[Si](CCC)(CCC)[Si](CCC)(CCC)[Si](CCC)(CCC)[Si](CCC)(CCC)[Si](CCC)(CCC)[Si](CCC)(CCC)[Si](CCC)(CCC)[Si](CCC)(CCC)[Si](CCC)(CCC)[Si](CCC)(CCC)[Si](CCC)(CCC)CCC. The van der Waals surface area contributed by atoms with Gasteiger partial charge in [-0.3, -0.25) is 0 Å². The summed E-state index contributed by atoms with van der Waals surface area (Å²) in [4.78, 5) is 0. The van der Waals surface area contributed by atoms with Gasteiger partial charge < -0.3 is 0 Å². The molecule has 0 radical (unpaired) electrons. The van der Waals surface area contributed by atoms with E-state index in [2.05, 4.69) is 166 Å². The topological polar surface area (TPSA) is 0 Å². The zero-order chi connectivity index (χ0) is 63.4. The number of hydrogen-bond donors (Lipinski definition) is 0. The van der Waals surface area contributed by atoms with Crippen LogP contribution in [-0.2, 0) is 0 Å². The molecule has 500 valence electrons. The molecule has 0 saturated carbocycles. The second kappa shape index (κ2) is 43.3. The molecule has 0 aliphatic heterocycles. The van der Waals surface area contributed by atoms with Gasteiger partial charge in [0.2, 0.25) is 0 Å². The first-order chi connectivity index (χ1) is 40.0. The Kier molecular flexibility index (Phi) is 44.6. The zero-order valence-corrected chi connectivity index (χ0v) is 74.4. The summed E-state index contributed by atoms with van der Waals surface area (Å²) in [6.07, 6.45) is 37.2. The summed E-state index contributed by atoms with van der Waals surface area (Å²) in [5.74, 6) is 0. The third-order valence-corrected chi connectivity index (χ3v) is 262. The van der Waals surface area contributed by atoms with Crippen molar-refractivity contribution in [2.75, 3.05) is 0 Å². The lowest BCUT2D eigenvalue weighted by Crippen LogP contribution is -3.02. The maximum atomic E-state index is 2.92. The minimum absolute atomic E-state index is 1.51. The Labute approximate surface area is 540 Å². The van der Waals surface area contributed by atoms with Gasteiger partial charge in [-0.2, -0.15) is 0 Å². The summed E-state index contributed by atoms with van der Waals surface area (Å²) in [5.41, 5.74) is 0. The molecule has 0 aromatic rings. The first kappa shape index (κ1) is 85.4. The van der Waals surface area contributed by atoms with Gasteiger partial charge in [0, 0.05) is 79.2 Å². The van der Waals surface area contributed by atoms with Gasteiger partial charge in [-0.25, -0.2) is 0 Å². The molecule has 0 rings (SSSR count). The molecule has 0 aliphatic carbocycles. The van der Waals surface area contributed by atoms with Gasteiger partial charge in [0.15, 0.2) is 0 Å². The fourth-order valence-corrected chi connectivity index (χ4v) is 445. The molecule has 11 heteroatoms. The van der Waals surface area contributed by atoms with Crippen LogP contribution in [0.4, 0.5) is 0 Å². The van der Waals surface area contributed by atoms with Crippen molar-refractivity contribution in [3.05, 3.63) is 0 Å². The lowest BCUT2D eigenvalue weighted by Gasteiger charge is -2.78. The summed E-state index contributed by atoms with van der Waals surface area (Å²) in [7, 11) is -21.5.